The Kier molecular flexibility index (Phi) is 3.01. The zero-order chi connectivity index (χ0) is 12.4. The number of amides is 1. The lowest BCUT2D eigenvalue weighted by Gasteiger charge is -2.34. The summed E-state index contributed by atoms with van der Waals surface area (Å²) in [5.74, 6) is 0.0987. The third kappa shape index (κ3) is 2.23. The quantitative estimate of drug-likeness (QED) is 0.725. The van der Waals surface area contributed by atoms with Gasteiger partial charge in [-0.2, -0.15) is 5.26 Å². The van der Waals surface area contributed by atoms with E-state index in [0.29, 0.717) is 18.7 Å². The molecule has 0 unspecified atom stereocenters. The van der Waals surface area contributed by atoms with Crippen LogP contribution in [0.15, 0.2) is 18.2 Å². The van der Waals surface area contributed by atoms with Gasteiger partial charge in [0.2, 0.25) is 5.91 Å². The van der Waals surface area contributed by atoms with E-state index in [1.54, 1.807) is 11.9 Å². The molecule has 1 saturated heterocycles. The van der Waals surface area contributed by atoms with Gasteiger partial charge in [-0.25, -0.2) is 0 Å². The van der Waals surface area contributed by atoms with Crippen molar-refractivity contribution in [3.63, 3.8) is 0 Å². The third-order valence-electron chi connectivity index (χ3n) is 3.07. The maximum atomic E-state index is 11.7. The fraction of sp³-hybridized carbons (Fsp3) is 0.385. The average molecular weight is 229 g/mol. The lowest BCUT2D eigenvalue weighted by Crippen LogP contribution is -2.48. The summed E-state index contributed by atoms with van der Waals surface area (Å²) in [5.41, 5.74) is 2.60. The highest BCUT2D eigenvalue weighted by atomic mass is 16.2. The van der Waals surface area contributed by atoms with Gasteiger partial charge in [0.25, 0.3) is 0 Å². The lowest BCUT2D eigenvalue weighted by atomic mass is 10.1. The van der Waals surface area contributed by atoms with Gasteiger partial charge in [-0.3, -0.25) is 4.79 Å². The van der Waals surface area contributed by atoms with E-state index in [9.17, 15) is 4.79 Å². The second kappa shape index (κ2) is 4.46. The van der Waals surface area contributed by atoms with Crippen molar-refractivity contribution in [2.24, 2.45) is 0 Å². The molecule has 1 aliphatic heterocycles. The first-order valence-electron chi connectivity index (χ1n) is 5.61. The van der Waals surface area contributed by atoms with Gasteiger partial charge in [0.15, 0.2) is 0 Å². The number of aryl methyl sites for hydroxylation is 1. The second-order valence-electron chi connectivity index (χ2n) is 4.37. The molecule has 1 aromatic rings. The second-order valence-corrected chi connectivity index (χ2v) is 4.37. The molecule has 0 atom stereocenters. The minimum atomic E-state index is 0.0987. The molecule has 0 spiro atoms. The number of carbonyl (C=O) groups excluding carboxylic acids is 1. The molecule has 1 fully saturated rings. The number of benzene rings is 1. The predicted molar refractivity (Wildman–Crippen MR) is 65.7 cm³/mol. The van der Waals surface area contributed by atoms with Crippen molar-refractivity contribution in [3.05, 3.63) is 29.3 Å². The Bertz CT molecular complexity index is 490. The molecule has 1 amide bonds. The molecule has 1 aliphatic rings. The average Bonchev–Trinajstić information content (AvgIpc) is 2.32. The minimum Gasteiger partial charge on any atom is -0.359 e. The Morgan fingerprint density at radius 3 is 2.76 bits per heavy atom. The van der Waals surface area contributed by atoms with Gasteiger partial charge in [0, 0.05) is 20.1 Å². The van der Waals surface area contributed by atoms with Crippen molar-refractivity contribution in [2.75, 3.05) is 31.6 Å². The summed E-state index contributed by atoms with van der Waals surface area (Å²) >= 11 is 0. The molecule has 0 aliphatic carbocycles. The molecule has 1 aromatic carbocycles. The standard InChI is InChI=1S/C13H15N3O/c1-10-3-4-11(8-14)12(7-10)16-6-5-15(2)13(17)9-16/h3-4,7H,5-6,9H2,1-2H3. The molecule has 0 saturated carbocycles. The molecule has 88 valence electrons. The number of nitrogens with zero attached hydrogens (tertiary/aromatic N) is 3. The van der Waals surface area contributed by atoms with Gasteiger partial charge in [-0.1, -0.05) is 6.07 Å². The molecule has 4 heteroatoms. The molecule has 0 bridgehead atoms. The molecule has 0 radical (unpaired) electrons. The number of carbonyl (C=O) groups is 1. The van der Waals surface area contributed by atoms with Crippen LogP contribution in [0.3, 0.4) is 0 Å². The fourth-order valence-electron chi connectivity index (χ4n) is 1.96. The molecule has 0 aromatic heterocycles. The first-order chi connectivity index (χ1) is 8.11. The van der Waals surface area contributed by atoms with Crippen molar-refractivity contribution in [1.29, 1.82) is 5.26 Å². The van der Waals surface area contributed by atoms with E-state index < -0.39 is 0 Å². The zero-order valence-corrected chi connectivity index (χ0v) is 10.1. The largest absolute Gasteiger partial charge is 0.359 e. The van der Waals surface area contributed by atoms with Crippen LogP contribution < -0.4 is 4.90 Å². The van der Waals surface area contributed by atoms with Crippen LogP contribution in [0.5, 0.6) is 0 Å². The lowest BCUT2D eigenvalue weighted by molar-refractivity contribution is -0.129. The highest BCUT2D eigenvalue weighted by molar-refractivity contribution is 5.83. The first-order valence-corrected chi connectivity index (χ1v) is 5.61. The van der Waals surface area contributed by atoms with Crippen LogP contribution in [0, 0.1) is 18.3 Å². The van der Waals surface area contributed by atoms with Crippen molar-refractivity contribution in [1.82, 2.24) is 4.90 Å². The fourth-order valence-corrected chi connectivity index (χ4v) is 1.96. The van der Waals surface area contributed by atoms with E-state index in [1.165, 1.54) is 0 Å². The number of piperazine rings is 1. The molecule has 17 heavy (non-hydrogen) atoms. The number of likely N-dealkylation sites (N-methyl/N-ethyl adjacent to an activating group) is 1. The number of anilines is 1. The van der Waals surface area contributed by atoms with Crippen molar-refractivity contribution < 1.29 is 4.79 Å². The third-order valence-corrected chi connectivity index (χ3v) is 3.07. The first kappa shape index (κ1) is 11.5. The van der Waals surface area contributed by atoms with E-state index >= 15 is 0 Å². The van der Waals surface area contributed by atoms with Crippen molar-refractivity contribution in [2.45, 2.75) is 6.92 Å². The van der Waals surface area contributed by atoms with Crippen molar-refractivity contribution >= 4 is 11.6 Å². The number of hydrogen-bond donors (Lipinski definition) is 0. The zero-order valence-electron chi connectivity index (χ0n) is 10.1. The minimum absolute atomic E-state index is 0.0987. The van der Waals surface area contributed by atoms with E-state index in [4.69, 9.17) is 5.26 Å². The van der Waals surface area contributed by atoms with E-state index in [2.05, 4.69) is 6.07 Å². The Labute approximate surface area is 101 Å². The van der Waals surface area contributed by atoms with Gasteiger partial charge in [0.05, 0.1) is 17.8 Å². The molecular weight excluding hydrogens is 214 g/mol. The van der Waals surface area contributed by atoms with Crippen LogP contribution in [0.2, 0.25) is 0 Å². The Morgan fingerprint density at radius 2 is 2.12 bits per heavy atom. The Morgan fingerprint density at radius 1 is 1.35 bits per heavy atom. The molecule has 0 N–H and O–H groups in total. The summed E-state index contributed by atoms with van der Waals surface area (Å²) in [6.45, 7) is 3.83. The van der Waals surface area contributed by atoms with Crippen LogP contribution in [0.25, 0.3) is 0 Å². The predicted octanol–water partition coefficient (Wildman–Crippen LogP) is 1.15. The molecule has 2 rings (SSSR count). The van der Waals surface area contributed by atoms with Gasteiger partial charge in [-0.05, 0) is 24.6 Å². The van der Waals surface area contributed by atoms with E-state index in [0.717, 1.165) is 17.8 Å². The molecule has 4 nitrogen and oxygen atoms in total. The number of rotatable bonds is 1. The maximum absolute atomic E-state index is 11.7. The summed E-state index contributed by atoms with van der Waals surface area (Å²) in [7, 11) is 1.81. The summed E-state index contributed by atoms with van der Waals surface area (Å²) in [5, 5.41) is 9.09. The summed E-state index contributed by atoms with van der Waals surface area (Å²) in [4.78, 5) is 15.4. The highest BCUT2D eigenvalue weighted by Crippen LogP contribution is 2.22. The van der Waals surface area contributed by atoms with Crippen LogP contribution in [0.1, 0.15) is 11.1 Å². The van der Waals surface area contributed by atoms with E-state index in [-0.39, 0.29) is 5.91 Å². The Balaban J connectivity index is 2.31. The van der Waals surface area contributed by atoms with Crippen LogP contribution >= 0.6 is 0 Å². The van der Waals surface area contributed by atoms with Gasteiger partial charge in [-0.15, -0.1) is 0 Å². The monoisotopic (exact) mass is 229 g/mol. The normalized spacial score (nSPS) is 15.9. The molecule has 1 heterocycles. The van der Waals surface area contributed by atoms with Crippen LogP contribution in [-0.4, -0.2) is 37.5 Å². The summed E-state index contributed by atoms with van der Waals surface area (Å²) in [6, 6.07) is 7.88. The maximum Gasteiger partial charge on any atom is 0.241 e. The van der Waals surface area contributed by atoms with Crippen molar-refractivity contribution in [3.8, 4) is 6.07 Å². The van der Waals surface area contributed by atoms with E-state index in [1.807, 2.05) is 30.0 Å². The highest BCUT2D eigenvalue weighted by Gasteiger charge is 2.22. The van der Waals surface area contributed by atoms with Crippen LogP contribution in [0.4, 0.5) is 5.69 Å². The summed E-state index contributed by atoms with van der Waals surface area (Å²) < 4.78 is 0. The van der Waals surface area contributed by atoms with Gasteiger partial charge in [0.1, 0.15) is 6.07 Å². The summed E-state index contributed by atoms with van der Waals surface area (Å²) in [6.07, 6.45) is 0. The molecular formula is C13H15N3O. The topological polar surface area (TPSA) is 47.3 Å². The smallest absolute Gasteiger partial charge is 0.241 e. The van der Waals surface area contributed by atoms with Gasteiger partial charge < -0.3 is 9.80 Å². The number of nitriles is 1. The Hall–Kier alpha value is -2.02. The SMILES string of the molecule is Cc1ccc(C#N)c(N2CCN(C)C(=O)C2)c1. The number of hydrogen-bond acceptors (Lipinski definition) is 3. The van der Waals surface area contributed by atoms with Crippen LogP contribution in [-0.2, 0) is 4.79 Å². The van der Waals surface area contributed by atoms with Gasteiger partial charge >= 0.3 is 0 Å².